The standard InChI is InChI=1S/C17H22F2N2O3/c1-3-21(4-2)14(22)12-6-8-13(9-7-12)20-15(23)17(18,19)16(24)10-5-11-16/h6-9,24H,3-5,10-11H2,1-2H3,(H,20,23). The van der Waals surface area contributed by atoms with Crippen molar-refractivity contribution in [3.05, 3.63) is 29.8 Å². The number of hydrogen-bond acceptors (Lipinski definition) is 3. The molecule has 7 heteroatoms. The first-order chi connectivity index (χ1) is 11.2. The molecule has 1 aliphatic carbocycles. The van der Waals surface area contributed by atoms with E-state index >= 15 is 0 Å². The molecule has 0 aliphatic heterocycles. The average Bonchev–Trinajstić information content (AvgIpc) is 2.54. The summed E-state index contributed by atoms with van der Waals surface area (Å²) < 4.78 is 28.0. The van der Waals surface area contributed by atoms with Gasteiger partial charge in [-0.25, -0.2) is 0 Å². The van der Waals surface area contributed by atoms with E-state index < -0.39 is 17.4 Å². The molecule has 0 radical (unpaired) electrons. The summed E-state index contributed by atoms with van der Waals surface area (Å²) in [6.07, 6.45) is 0.289. The molecular formula is C17H22F2N2O3. The van der Waals surface area contributed by atoms with Crippen LogP contribution in [0.15, 0.2) is 24.3 Å². The van der Waals surface area contributed by atoms with Crippen LogP contribution in [0.3, 0.4) is 0 Å². The van der Waals surface area contributed by atoms with Gasteiger partial charge in [-0.1, -0.05) is 0 Å². The van der Waals surface area contributed by atoms with Crippen LogP contribution in [0, 0.1) is 0 Å². The SMILES string of the molecule is CCN(CC)C(=O)c1ccc(NC(=O)C(F)(F)C2(O)CCC2)cc1. The number of carbonyl (C=O) groups is 2. The Balaban J connectivity index is 2.06. The summed E-state index contributed by atoms with van der Waals surface area (Å²) in [5, 5.41) is 11.9. The van der Waals surface area contributed by atoms with E-state index in [-0.39, 0.29) is 24.4 Å². The highest BCUT2D eigenvalue weighted by atomic mass is 19.3. The van der Waals surface area contributed by atoms with Gasteiger partial charge in [0, 0.05) is 24.3 Å². The number of hydrogen-bond donors (Lipinski definition) is 2. The zero-order valence-corrected chi connectivity index (χ0v) is 13.8. The van der Waals surface area contributed by atoms with Crippen LogP contribution in [-0.4, -0.2) is 46.4 Å². The lowest BCUT2D eigenvalue weighted by molar-refractivity contribution is -0.212. The van der Waals surface area contributed by atoms with Crippen LogP contribution in [0.4, 0.5) is 14.5 Å². The number of benzene rings is 1. The third-order valence-electron chi connectivity index (χ3n) is 4.49. The second kappa shape index (κ2) is 6.84. The smallest absolute Gasteiger partial charge is 0.352 e. The first-order valence-corrected chi connectivity index (χ1v) is 8.06. The second-order valence-corrected chi connectivity index (χ2v) is 5.97. The van der Waals surface area contributed by atoms with Crippen LogP contribution in [0.5, 0.6) is 0 Å². The maximum Gasteiger partial charge on any atom is 0.352 e. The Hall–Kier alpha value is -2.02. The minimum Gasteiger partial charge on any atom is -0.383 e. The number of halogens is 2. The van der Waals surface area contributed by atoms with Gasteiger partial charge < -0.3 is 15.3 Å². The molecule has 1 saturated carbocycles. The number of carbonyl (C=O) groups excluding carboxylic acids is 2. The predicted octanol–water partition coefficient (Wildman–Crippen LogP) is 2.66. The van der Waals surface area contributed by atoms with Crippen molar-refractivity contribution < 1.29 is 23.5 Å². The first kappa shape index (κ1) is 18.3. The molecule has 2 amide bonds. The summed E-state index contributed by atoms with van der Waals surface area (Å²) >= 11 is 0. The summed E-state index contributed by atoms with van der Waals surface area (Å²) in [6.45, 7) is 4.86. The first-order valence-electron chi connectivity index (χ1n) is 8.06. The van der Waals surface area contributed by atoms with Gasteiger partial charge in [0.05, 0.1) is 0 Å². The van der Waals surface area contributed by atoms with E-state index in [9.17, 15) is 23.5 Å². The Bertz CT molecular complexity index is 609. The Morgan fingerprint density at radius 1 is 1.21 bits per heavy atom. The maximum atomic E-state index is 14.0. The van der Waals surface area contributed by atoms with E-state index in [2.05, 4.69) is 5.32 Å². The van der Waals surface area contributed by atoms with E-state index in [1.54, 1.807) is 4.90 Å². The summed E-state index contributed by atoms with van der Waals surface area (Å²) in [6, 6.07) is 5.75. The van der Waals surface area contributed by atoms with Gasteiger partial charge >= 0.3 is 5.92 Å². The number of amides is 2. The van der Waals surface area contributed by atoms with Crippen molar-refractivity contribution in [3.63, 3.8) is 0 Å². The van der Waals surface area contributed by atoms with Gasteiger partial charge in [0.15, 0.2) is 0 Å². The lowest BCUT2D eigenvalue weighted by atomic mass is 9.75. The number of anilines is 1. The fourth-order valence-electron chi connectivity index (χ4n) is 2.64. The van der Waals surface area contributed by atoms with Gasteiger partial charge in [0.1, 0.15) is 5.60 Å². The minimum atomic E-state index is -3.85. The molecule has 2 rings (SSSR count). The van der Waals surface area contributed by atoms with Crippen LogP contribution >= 0.6 is 0 Å². The average molecular weight is 340 g/mol. The van der Waals surface area contributed by atoms with Gasteiger partial charge in [0.25, 0.3) is 11.8 Å². The number of rotatable bonds is 6. The molecule has 1 aromatic rings. The Morgan fingerprint density at radius 3 is 2.17 bits per heavy atom. The topological polar surface area (TPSA) is 69.6 Å². The molecule has 2 N–H and O–H groups in total. The predicted molar refractivity (Wildman–Crippen MR) is 86.1 cm³/mol. The Labute approximate surface area is 139 Å². The van der Waals surface area contributed by atoms with Gasteiger partial charge in [0.2, 0.25) is 0 Å². The Kier molecular flexibility index (Phi) is 5.22. The number of aliphatic hydroxyl groups is 1. The molecule has 0 aromatic heterocycles. The summed E-state index contributed by atoms with van der Waals surface area (Å²) in [4.78, 5) is 25.6. The highest BCUT2D eigenvalue weighted by Crippen LogP contribution is 2.44. The van der Waals surface area contributed by atoms with Gasteiger partial charge in [-0.15, -0.1) is 0 Å². The van der Waals surface area contributed by atoms with Crippen LogP contribution < -0.4 is 5.32 Å². The number of nitrogens with zero attached hydrogens (tertiary/aromatic N) is 1. The maximum absolute atomic E-state index is 14.0. The largest absolute Gasteiger partial charge is 0.383 e. The zero-order chi connectivity index (χ0) is 18.0. The van der Waals surface area contributed by atoms with Gasteiger partial charge in [-0.2, -0.15) is 8.78 Å². The van der Waals surface area contributed by atoms with Crippen LogP contribution in [-0.2, 0) is 4.79 Å². The van der Waals surface area contributed by atoms with Crippen LogP contribution in [0.2, 0.25) is 0 Å². The van der Waals surface area contributed by atoms with Crippen LogP contribution in [0.25, 0.3) is 0 Å². The minimum absolute atomic E-state index is 0.0925. The molecule has 0 atom stereocenters. The van der Waals surface area contributed by atoms with E-state index in [1.165, 1.54) is 24.3 Å². The van der Waals surface area contributed by atoms with E-state index in [1.807, 2.05) is 13.8 Å². The van der Waals surface area contributed by atoms with E-state index in [4.69, 9.17) is 0 Å². The molecule has 1 aromatic carbocycles. The third-order valence-corrected chi connectivity index (χ3v) is 4.49. The fraction of sp³-hybridized carbons (Fsp3) is 0.529. The monoisotopic (exact) mass is 340 g/mol. The highest BCUT2D eigenvalue weighted by molar-refractivity contribution is 5.98. The molecule has 0 heterocycles. The van der Waals surface area contributed by atoms with Crippen molar-refractivity contribution >= 4 is 17.5 Å². The van der Waals surface area contributed by atoms with Crippen molar-refractivity contribution in [2.75, 3.05) is 18.4 Å². The molecule has 132 valence electrons. The molecule has 1 aliphatic rings. The third kappa shape index (κ3) is 3.26. The molecule has 0 saturated heterocycles. The van der Waals surface area contributed by atoms with Crippen molar-refractivity contribution in [1.29, 1.82) is 0 Å². The summed E-state index contributed by atoms with van der Waals surface area (Å²) in [7, 11) is 0. The van der Waals surface area contributed by atoms with E-state index in [0.29, 0.717) is 25.1 Å². The van der Waals surface area contributed by atoms with Gasteiger partial charge in [-0.05, 0) is 57.4 Å². The number of nitrogens with one attached hydrogen (secondary N) is 1. The molecule has 24 heavy (non-hydrogen) atoms. The van der Waals surface area contributed by atoms with Crippen molar-refractivity contribution in [1.82, 2.24) is 4.90 Å². The quantitative estimate of drug-likeness (QED) is 0.836. The molecule has 5 nitrogen and oxygen atoms in total. The lowest BCUT2D eigenvalue weighted by Gasteiger charge is -2.41. The molecule has 0 spiro atoms. The van der Waals surface area contributed by atoms with Crippen molar-refractivity contribution in [3.8, 4) is 0 Å². The molecule has 1 fully saturated rings. The number of alkyl halides is 2. The second-order valence-electron chi connectivity index (χ2n) is 5.97. The normalized spacial score (nSPS) is 16.2. The molecule has 0 bridgehead atoms. The van der Waals surface area contributed by atoms with Gasteiger partial charge in [-0.3, -0.25) is 9.59 Å². The Morgan fingerprint density at radius 2 is 1.75 bits per heavy atom. The van der Waals surface area contributed by atoms with Crippen molar-refractivity contribution in [2.24, 2.45) is 0 Å². The zero-order valence-electron chi connectivity index (χ0n) is 13.8. The fourth-order valence-corrected chi connectivity index (χ4v) is 2.64. The molecular weight excluding hydrogens is 318 g/mol. The summed E-state index contributed by atoms with van der Waals surface area (Å²) in [5.41, 5.74) is -1.68. The summed E-state index contributed by atoms with van der Waals surface area (Å²) in [5.74, 6) is -5.54. The molecule has 0 unspecified atom stereocenters. The van der Waals surface area contributed by atoms with Crippen LogP contribution in [0.1, 0.15) is 43.5 Å². The van der Waals surface area contributed by atoms with E-state index in [0.717, 1.165) is 0 Å². The van der Waals surface area contributed by atoms with Crippen molar-refractivity contribution in [2.45, 2.75) is 44.6 Å². The lowest BCUT2D eigenvalue weighted by Crippen LogP contribution is -2.59. The highest BCUT2D eigenvalue weighted by Gasteiger charge is 2.61.